The molecule has 0 bridgehead atoms. The van der Waals surface area contributed by atoms with E-state index in [1.807, 2.05) is 13.0 Å². The number of nitrogens with zero attached hydrogens (tertiary/aromatic N) is 2. The van der Waals surface area contributed by atoms with Crippen LogP contribution in [0.25, 0.3) is 0 Å². The molecule has 1 heterocycles. The van der Waals surface area contributed by atoms with E-state index in [2.05, 4.69) is 11.4 Å². The first kappa shape index (κ1) is 13.1. The minimum Gasteiger partial charge on any atom is -0.380 e. The number of hydrogen-bond donors (Lipinski definition) is 1. The maximum Gasteiger partial charge on any atom is 0.324 e. The molecule has 19 heavy (non-hydrogen) atoms. The minimum absolute atomic E-state index is 0.138. The first-order valence-electron chi connectivity index (χ1n) is 5.58. The predicted molar refractivity (Wildman–Crippen MR) is 74.2 cm³/mol. The number of nitro groups is 1. The van der Waals surface area contributed by atoms with Gasteiger partial charge in [0.25, 0.3) is 0 Å². The van der Waals surface area contributed by atoms with Gasteiger partial charge >= 0.3 is 5.00 Å². The summed E-state index contributed by atoms with van der Waals surface area (Å²) in [6.07, 6.45) is 0. The number of rotatable bonds is 4. The van der Waals surface area contributed by atoms with Crippen LogP contribution in [0.2, 0.25) is 0 Å². The Labute approximate surface area is 114 Å². The lowest BCUT2D eigenvalue weighted by atomic mass is 10.1. The lowest BCUT2D eigenvalue weighted by molar-refractivity contribution is -0.380. The molecule has 0 unspecified atom stereocenters. The highest BCUT2D eigenvalue weighted by molar-refractivity contribution is 7.15. The van der Waals surface area contributed by atoms with Crippen LogP contribution in [0.15, 0.2) is 30.3 Å². The lowest BCUT2D eigenvalue weighted by Crippen LogP contribution is -1.99. The number of nitrogens with one attached hydrogen (secondary N) is 1. The van der Waals surface area contributed by atoms with Crippen LogP contribution in [0.3, 0.4) is 0 Å². The summed E-state index contributed by atoms with van der Waals surface area (Å²) in [5.74, 6) is 0. The van der Waals surface area contributed by atoms with Crippen molar-refractivity contribution in [3.05, 3.63) is 56.5 Å². The molecule has 2 aromatic rings. The molecular weight excluding hydrogens is 262 g/mol. The van der Waals surface area contributed by atoms with Crippen molar-refractivity contribution in [3.63, 3.8) is 0 Å². The molecule has 5 nitrogen and oxygen atoms in total. The molecule has 0 atom stereocenters. The minimum atomic E-state index is -0.393. The molecule has 0 aliphatic heterocycles. The van der Waals surface area contributed by atoms with Gasteiger partial charge in [0.15, 0.2) is 0 Å². The van der Waals surface area contributed by atoms with Crippen molar-refractivity contribution >= 4 is 22.0 Å². The van der Waals surface area contributed by atoms with Gasteiger partial charge in [-0.1, -0.05) is 17.4 Å². The zero-order valence-electron chi connectivity index (χ0n) is 10.2. The van der Waals surface area contributed by atoms with Crippen LogP contribution in [0.5, 0.6) is 0 Å². The summed E-state index contributed by atoms with van der Waals surface area (Å²) in [6, 6.07) is 10.7. The van der Waals surface area contributed by atoms with Crippen LogP contribution in [-0.4, -0.2) is 4.92 Å². The summed E-state index contributed by atoms with van der Waals surface area (Å²) in [5, 5.41) is 22.8. The fourth-order valence-corrected chi connectivity index (χ4v) is 2.38. The molecule has 0 radical (unpaired) electrons. The molecule has 0 fully saturated rings. The van der Waals surface area contributed by atoms with E-state index < -0.39 is 4.92 Å². The van der Waals surface area contributed by atoms with E-state index in [1.165, 1.54) is 6.07 Å². The van der Waals surface area contributed by atoms with Gasteiger partial charge in [0, 0.05) is 23.2 Å². The van der Waals surface area contributed by atoms with Gasteiger partial charge in [0.1, 0.15) is 0 Å². The number of anilines is 1. The van der Waals surface area contributed by atoms with Gasteiger partial charge in [-0.3, -0.25) is 10.1 Å². The Kier molecular flexibility index (Phi) is 3.78. The zero-order chi connectivity index (χ0) is 13.8. The Hall–Kier alpha value is -2.39. The van der Waals surface area contributed by atoms with Gasteiger partial charge in [0.2, 0.25) is 0 Å². The second-order valence-electron chi connectivity index (χ2n) is 3.99. The molecule has 0 saturated heterocycles. The largest absolute Gasteiger partial charge is 0.380 e. The third-order valence-corrected chi connectivity index (χ3v) is 3.68. The molecule has 1 aromatic heterocycles. The predicted octanol–water partition coefficient (Wildman–Crippen LogP) is 3.45. The van der Waals surface area contributed by atoms with Crippen LogP contribution in [0, 0.1) is 28.4 Å². The van der Waals surface area contributed by atoms with E-state index in [-0.39, 0.29) is 5.00 Å². The highest BCUT2D eigenvalue weighted by Crippen LogP contribution is 2.25. The molecule has 1 aromatic carbocycles. The Morgan fingerprint density at radius 2 is 2.21 bits per heavy atom. The van der Waals surface area contributed by atoms with Gasteiger partial charge in [-0.05, 0) is 30.7 Å². The average molecular weight is 273 g/mol. The van der Waals surface area contributed by atoms with E-state index in [0.717, 1.165) is 27.5 Å². The van der Waals surface area contributed by atoms with Crippen molar-refractivity contribution in [2.45, 2.75) is 13.5 Å². The summed E-state index contributed by atoms with van der Waals surface area (Å²) in [5.41, 5.74) is 2.49. The Balaban J connectivity index is 2.09. The number of benzene rings is 1. The van der Waals surface area contributed by atoms with Crippen molar-refractivity contribution in [2.75, 3.05) is 5.32 Å². The van der Waals surface area contributed by atoms with Crippen molar-refractivity contribution in [1.82, 2.24) is 0 Å². The highest BCUT2D eigenvalue weighted by atomic mass is 32.1. The fourth-order valence-electron chi connectivity index (χ4n) is 1.62. The molecule has 0 amide bonds. The molecule has 1 N–H and O–H groups in total. The number of aryl methyl sites for hydroxylation is 1. The fraction of sp³-hybridized carbons (Fsp3) is 0.154. The molecule has 6 heteroatoms. The van der Waals surface area contributed by atoms with Crippen molar-refractivity contribution in [3.8, 4) is 6.07 Å². The normalized spacial score (nSPS) is 9.89. The quantitative estimate of drug-likeness (QED) is 0.683. The smallest absolute Gasteiger partial charge is 0.324 e. The number of nitriles is 1. The average Bonchev–Trinajstić information content (AvgIpc) is 2.87. The summed E-state index contributed by atoms with van der Waals surface area (Å²) < 4.78 is 0. The molecule has 2 rings (SSSR count). The highest BCUT2D eigenvalue weighted by Gasteiger charge is 2.09. The van der Waals surface area contributed by atoms with Gasteiger partial charge in [-0.15, -0.1) is 0 Å². The van der Waals surface area contributed by atoms with E-state index in [1.54, 1.807) is 18.2 Å². The molecule has 0 aliphatic rings. The maximum atomic E-state index is 10.6. The topological polar surface area (TPSA) is 79.0 Å². The van der Waals surface area contributed by atoms with Crippen molar-refractivity contribution in [2.24, 2.45) is 0 Å². The Bertz CT molecular complexity index is 658. The zero-order valence-corrected chi connectivity index (χ0v) is 11.0. The van der Waals surface area contributed by atoms with Gasteiger partial charge in [0.05, 0.1) is 16.6 Å². The molecule has 0 saturated carbocycles. The van der Waals surface area contributed by atoms with Crippen molar-refractivity contribution < 1.29 is 4.92 Å². The summed E-state index contributed by atoms with van der Waals surface area (Å²) in [4.78, 5) is 11.1. The van der Waals surface area contributed by atoms with Crippen molar-refractivity contribution in [1.29, 1.82) is 5.26 Å². The monoisotopic (exact) mass is 273 g/mol. The summed E-state index contributed by atoms with van der Waals surface area (Å²) >= 11 is 1.15. The number of thiophene rings is 1. The third kappa shape index (κ3) is 3.09. The Morgan fingerprint density at radius 3 is 2.84 bits per heavy atom. The third-order valence-electron chi connectivity index (χ3n) is 2.65. The van der Waals surface area contributed by atoms with E-state index in [4.69, 9.17) is 5.26 Å². The van der Waals surface area contributed by atoms with Crippen LogP contribution in [0.1, 0.15) is 16.0 Å². The van der Waals surface area contributed by atoms with E-state index in [0.29, 0.717) is 12.1 Å². The SMILES string of the molecule is Cc1ccc(C#N)cc1NCc1ccc([N+](=O)[O-])s1. The second kappa shape index (κ2) is 5.50. The number of hydrogen-bond acceptors (Lipinski definition) is 5. The Morgan fingerprint density at radius 1 is 1.42 bits per heavy atom. The van der Waals surface area contributed by atoms with Gasteiger partial charge in [-0.25, -0.2) is 0 Å². The van der Waals surface area contributed by atoms with Gasteiger partial charge in [-0.2, -0.15) is 5.26 Å². The van der Waals surface area contributed by atoms with Crippen LogP contribution in [-0.2, 0) is 6.54 Å². The second-order valence-corrected chi connectivity index (χ2v) is 5.14. The first-order valence-corrected chi connectivity index (χ1v) is 6.39. The van der Waals surface area contributed by atoms with E-state index in [9.17, 15) is 10.1 Å². The van der Waals surface area contributed by atoms with Crippen LogP contribution >= 0.6 is 11.3 Å². The summed E-state index contributed by atoms with van der Waals surface area (Å²) in [7, 11) is 0. The summed E-state index contributed by atoms with van der Waals surface area (Å²) in [6.45, 7) is 2.45. The molecule has 0 spiro atoms. The lowest BCUT2D eigenvalue weighted by Gasteiger charge is -2.08. The molecule has 0 aliphatic carbocycles. The van der Waals surface area contributed by atoms with Gasteiger partial charge < -0.3 is 5.32 Å². The molecular formula is C13H11N3O2S. The molecule has 96 valence electrons. The van der Waals surface area contributed by atoms with Crippen LogP contribution < -0.4 is 5.32 Å². The maximum absolute atomic E-state index is 10.6. The van der Waals surface area contributed by atoms with E-state index >= 15 is 0 Å². The first-order chi connectivity index (χ1) is 9.10. The standard InChI is InChI=1S/C13H11N3O2S/c1-9-2-3-10(7-14)6-12(9)15-8-11-4-5-13(19-11)16(17)18/h2-6,15H,8H2,1H3. The van der Waals surface area contributed by atoms with Crippen LogP contribution in [0.4, 0.5) is 10.7 Å².